The highest BCUT2D eigenvalue weighted by molar-refractivity contribution is 5.90. The second kappa shape index (κ2) is 9.34. The Bertz CT molecular complexity index is 1160. The van der Waals surface area contributed by atoms with Crippen molar-refractivity contribution in [2.45, 2.75) is 56.3 Å². The summed E-state index contributed by atoms with van der Waals surface area (Å²) in [5.74, 6) is -0.492. The van der Waals surface area contributed by atoms with Gasteiger partial charge in [0.15, 0.2) is 0 Å². The molecule has 37 heavy (non-hydrogen) atoms. The molecule has 2 heterocycles. The summed E-state index contributed by atoms with van der Waals surface area (Å²) in [6.07, 6.45) is 0.725. The molecular weight excluding hydrogens is 462 g/mol. The third kappa shape index (κ3) is 4.19. The number of likely N-dealkylation sites (tertiary alicyclic amines) is 1. The van der Waals surface area contributed by atoms with E-state index in [9.17, 15) is 9.59 Å². The smallest absolute Gasteiger partial charge is 0.411 e. The largest absolute Gasteiger partial charge is 0.444 e. The summed E-state index contributed by atoms with van der Waals surface area (Å²) in [4.78, 5) is 30.7. The Labute approximate surface area is 219 Å². The van der Waals surface area contributed by atoms with Gasteiger partial charge in [0.1, 0.15) is 11.1 Å². The number of ether oxygens (including phenoxy) is 1. The van der Waals surface area contributed by atoms with Crippen LogP contribution in [0.1, 0.15) is 50.3 Å². The van der Waals surface area contributed by atoms with Crippen LogP contribution in [0.15, 0.2) is 91.0 Å². The summed E-state index contributed by atoms with van der Waals surface area (Å²) in [6.45, 7) is 6.39. The number of nitrogens with two attached hydrogens (primary N) is 1. The average molecular weight is 498 g/mol. The first-order valence-corrected chi connectivity index (χ1v) is 12.9. The minimum Gasteiger partial charge on any atom is -0.444 e. The molecule has 2 amide bonds. The van der Waals surface area contributed by atoms with Crippen LogP contribution in [0, 0.1) is 0 Å². The van der Waals surface area contributed by atoms with Crippen LogP contribution in [0.2, 0.25) is 0 Å². The van der Waals surface area contributed by atoms with Gasteiger partial charge in [-0.1, -0.05) is 91.0 Å². The van der Waals surface area contributed by atoms with Crippen LogP contribution in [-0.4, -0.2) is 52.1 Å². The SMILES string of the molecule is CC(C)(C)OC(=O)N1C2CCC1(C(N)=O)CN(C(c1ccccc1)(c1ccccc1)c1ccccc1)C2. The summed E-state index contributed by atoms with van der Waals surface area (Å²) in [5, 5.41) is 0. The number of fused-ring (bicyclic) bond motifs is 2. The van der Waals surface area contributed by atoms with E-state index >= 15 is 0 Å². The van der Waals surface area contributed by atoms with Crippen molar-refractivity contribution in [2.75, 3.05) is 13.1 Å². The van der Waals surface area contributed by atoms with Crippen LogP contribution in [0.5, 0.6) is 0 Å². The van der Waals surface area contributed by atoms with Crippen molar-refractivity contribution >= 4 is 12.0 Å². The second-order valence-electron chi connectivity index (χ2n) is 11.1. The minimum absolute atomic E-state index is 0.202. The molecule has 192 valence electrons. The van der Waals surface area contributed by atoms with E-state index in [0.29, 0.717) is 25.9 Å². The summed E-state index contributed by atoms with van der Waals surface area (Å²) >= 11 is 0. The van der Waals surface area contributed by atoms with Crippen molar-refractivity contribution in [3.8, 4) is 0 Å². The molecule has 0 aromatic heterocycles. The number of carbonyl (C=O) groups is 2. The first kappa shape index (κ1) is 25.0. The molecule has 0 radical (unpaired) electrons. The van der Waals surface area contributed by atoms with Crippen molar-refractivity contribution in [3.05, 3.63) is 108 Å². The Balaban J connectivity index is 1.70. The monoisotopic (exact) mass is 497 g/mol. The van der Waals surface area contributed by atoms with Crippen LogP contribution in [0.25, 0.3) is 0 Å². The van der Waals surface area contributed by atoms with E-state index < -0.39 is 28.7 Å². The molecule has 3 aromatic rings. The van der Waals surface area contributed by atoms with E-state index in [1.165, 1.54) is 0 Å². The Morgan fingerprint density at radius 3 is 1.70 bits per heavy atom. The number of benzene rings is 3. The van der Waals surface area contributed by atoms with Gasteiger partial charge in [-0.3, -0.25) is 14.6 Å². The molecule has 2 unspecified atom stereocenters. The number of hydrogen-bond donors (Lipinski definition) is 1. The second-order valence-corrected chi connectivity index (χ2v) is 11.1. The zero-order chi connectivity index (χ0) is 26.3. The highest BCUT2D eigenvalue weighted by atomic mass is 16.6. The van der Waals surface area contributed by atoms with E-state index in [1.807, 2.05) is 75.4 Å². The maximum atomic E-state index is 13.4. The van der Waals surface area contributed by atoms with E-state index in [2.05, 4.69) is 41.3 Å². The van der Waals surface area contributed by atoms with Crippen LogP contribution in [0.4, 0.5) is 4.79 Å². The third-order valence-corrected chi connectivity index (χ3v) is 7.70. The number of carbonyl (C=O) groups excluding carboxylic acids is 2. The fourth-order valence-electron chi connectivity index (χ4n) is 6.26. The standard InChI is InChI=1S/C31H35N3O3/c1-29(2,3)37-28(36)34-26-19-20-30(34,27(32)35)22-33(21-26)31(23-13-7-4-8-14-23,24-15-9-5-10-16-24)25-17-11-6-12-18-25/h4-18,26H,19-22H2,1-3H3,(H2,32,35). The minimum atomic E-state index is -1.16. The lowest BCUT2D eigenvalue weighted by molar-refractivity contribution is -0.135. The van der Waals surface area contributed by atoms with Crippen LogP contribution in [0.3, 0.4) is 0 Å². The van der Waals surface area contributed by atoms with Crippen LogP contribution < -0.4 is 5.73 Å². The Hall–Kier alpha value is -3.64. The molecule has 0 spiro atoms. The molecule has 2 aliphatic rings. The molecule has 6 heteroatoms. The maximum Gasteiger partial charge on any atom is 0.411 e. The normalized spacial score (nSPS) is 22.0. The first-order valence-electron chi connectivity index (χ1n) is 12.9. The predicted octanol–water partition coefficient (Wildman–Crippen LogP) is 4.92. The topological polar surface area (TPSA) is 75.9 Å². The molecule has 5 rings (SSSR count). The molecule has 6 nitrogen and oxygen atoms in total. The predicted molar refractivity (Wildman–Crippen MR) is 144 cm³/mol. The fourth-order valence-corrected chi connectivity index (χ4v) is 6.26. The summed E-state index contributed by atoms with van der Waals surface area (Å²) in [7, 11) is 0. The number of rotatable bonds is 5. The van der Waals surface area contributed by atoms with Gasteiger partial charge in [-0.25, -0.2) is 4.79 Å². The van der Waals surface area contributed by atoms with Crippen molar-refractivity contribution < 1.29 is 14.3 Å². The van der Waals surface area contributed by atoms with E-state index in [1.54, 1.807) is 4.90 Å². The lowest BCUT2D eigenvalue weighted by Crippen LogP contribution is -2.71. The highest BCUT2D eigenvalue weighted by Gasteiger charge is 2.61. The molecule has 2 N–H and O–H groups in total. The van der Waals surface area contributed by atoms with Gasteiger partial charge < -0.3 is 10.5 Å². The molecule has 2 fully saturated rings. The lowest BCUT2D eigenvalue weighted by Gasteiger charge is -2.54. The molecule has 2 aliphatic heterocycles. The van der Waals surface area contributed by atoms with Gasteiger partial charge in [-0.05, 0) is 50.3 Å². The molecule has 2 atom stereocenters. The van der Waals surface area contributed by atoms with Crippen molar-refractivity contribution in [1.82, 2.24) is 9.80 Å². The lowest BCUT2D eigenvalue weighted by atomic mass is 9.74. The van der Waals surface area contributed by atoms with Gasteiger partial charge in [-0.2, -0.15) is 0 Å². The number of hydrogen-bond acceptors (Lipinski definition) is 4. The first-order chi connectivity index (χ1) is 17.7. The van der Waals surface area contributed by atoms with Gasteiger partial charge >= 0.3 is 6.09 Å². The van der Waals surface area contributed by atoms with Gasteiger partial charge in [0.2, 0.25) is 5.91 Å². The molecule has 2 bridgehead atoms. The van der Waals surface area contributed by atoms with E-state index in [0.717, 1.165) is 16.7 Å². The van der Waals surface area contributed by atoms with Gasteiger partial charge in [-0.15, -0.1) is 0 Å². The molecular formula is C31H35N3O3. The van der Waals surface area contributed by atoms with Crippen LogP contribution >= 0.6 is 0 Å². The summed E-state index contributed by atoms with van der Waals surface area (Å²) in [6, 6.07) is 30.9. The summed E-state index contributed by atoms with van der Waals surface area (Å²) in [5.41, 5.74) is 6.90. The average Bonchev–Trinajstić information content (AvgIpc) is 3.13. The quantitative estimate of drug-likeness (QED) is 0.508. The van der Waals surface area contributed by atoms with Crippen molar-refractivity contribution in [3.63, 3.8) is 0 Å². The van der Waals surface area contributed by atoms with E-state index in [-0.39, 0.29) is 6.04 Å². The molecule has 0 saturated carbocycles. The van der Waals surface area contributed by atoms with Crippen LogP contribution in [-0.2, 0) is 15.1 Å². The maximum absolute atomic E-state index is 13.4. The van der Waals surface area contributed by atoms with E-state index in [4.69, 9.17) is 10.5 Å². The van der Waals surface area contributed by atoms with Crippen molar-refractivity contribution in [2.24, 2.45) is 5.73 Å². The number of nitrogens with zero attached hydrogens (tertiary/aromatic N) is 2. The Kier molecular flexibility index (Phi) is 6.32. The zero-order valence-electron chi connectivity index (χ0n) is 21.8. The molecule has 2 saturated heterocycles. The number of amides is 2. The molecule has 3 aromatic carbocycles. The van der Waals surface area contributed by atoms with Crippen molar-refractivity contribution in [1.29, 1.82) is 0 Å². The van der Waals surface area contributed by atoms with Gasteiger partial charge in [0.05, 0.1) is 5.54 Å². The number of piperazine rings is 1. The zero-order valence-corrected chi connectivity index (χ0v) is 21.8. The fraction of sp³-hybridized carbons (Fsp3) is 0.355. The number of primary amides is 1. The molecule has 0 aliphatic carbocycles. The highest BCUT2D eigenvalue weighted by Crippen LogP contribution is 2.49. The third-order valence-electron chi connectivity index (χ3n) is 7.70. The Morgan fingerprint density at radius 1 is 0.838 bits per heavy atom. The van der Waals surface area contributed by atoms with Gasteiger partial charge in [0.25, 0.3) is 0 Å². The summed E-state index contributed by atoms with van der Waals surface area (Å²) < 4.78 is 5.77. The van der Waals surface area contributed by atoms with Gasteiger partial charge in [0, 0.05) is 19.1 Å². The Morgan fingerprint density at radius 2 is 1.30 bits per heavy atom.